The third kappa shape index (κ3) is 2.99. The summed E-state index contributed by atoms with van der Waals surface area (Å²) in [7, 11) is 0. The molecule has 9 aromatic rings. The van der Waals surface area contributed by atoms with E-state index >= 15 is 0 Å². The quantitative estimate of drug-likeness (QED) is 0.216. The minimum absolute atomic E-state index is 0.883. The van der Waals surface area contributed by atoms with Crippen LogP contribution >= 0.6 is 0 Å². The van der Waals surface area contributed by atoms with Gasteiger partial charge >= 0.3 is 0 Å². The standard InChI is InChI=1S/C38H22O2/c1-2-11-25-20-35-31(19-24(25)10-1)33(22-39-35)37-27-13-5-7-15-29(27)38(30-16-8-6-14-28(30)37)36-21-32-26-12-4-3-9-23(26)17-18-34(32)40-36/h1-22H. The van der Waals surface area contributed by atoms with Crippen molar-refractivity contribution in [1.82, 2.24) is 0 Å². The molecule has 0 radical (unpaired) electrons. The molecule has 2 heterocycles. The van der Waals surface area contributed by atoms with Crippen molar-refractivity contribution >= 4 is 65.0 Å². The van der Waals surface area contributed by atoms with Crippen molar-refractivity contribution in [2.24, 2.45) is 0 Å². The topological polar surface area (TPSA) is 26.3 Å². The minimum Gasteiger partial charge on any atom is -0.464 e. The second-order valence-electron chi connectivity index (χ2n) is 10.5. The summed E-state index contributed by atoms with van der Waals surface area (Å²) < 4.78 is 12.8. The summed E-state index contributed by atoms with van der Waals surface area (Å²) >= 11 is 0. The molecule has 0 saturated heterocycles. The fourth-order valence-corrected chi connectivity index (χ4v) is 6.51. The molecule has 2 aromatic heterocycles. The van der Waals surface area contributed by atoms with E-state index in [1.165, 1.54) is 37.9 Å². The number of rotatable bonds is 2. The Bertz CT molecular complexity index is 2380. The van der Waals surface area contributed by atoms with Crippen LogP contribution in [0, 0.1) is 0 Å². The maximum atomic E-state index is 6.61. The zero-order valence-electron chi connectivity index (χ0n) is 21.5. The third-order valence-corrected chi connectivity index (χ3v) is 8.32. The Morgan fingerprint density at radius 2 is 0.950 bits per heavy atom. The van der Waals surface area contributed by atoms with E-state index in [1.54, 1.807) is 0 Å². The van der Waals surface area contributed by atoms with Crippen LogP contribution in [-0.2, 0) is 0 Å². The normalized spacial score (nSPS) is 12.0. The Hall–Kier alpha value is -5.34. The predicted octanol–water partition coefficient (Wildman–Crippen LogP) is 11.1. The molecule has 2 nitrogen and oxygen atoms in total. The number of hydrogen-bond donors (Lipinski definition) is 0. The molecule has 0 N–H and O–H groups in total. The minimum atomic E-state index is 0.883. The Kier molecular flexibility index (Phi) is 4.36. The van der Waals surface area contributed by atoms with Crippen molar-refractivity contribution in [2.45, 2.75) is 0 Å². The van der Waals surface area contributed by atoms with Gasteiger partial charge in [-0.05, 0) is 67.4 Å². The summed E-state index contributed by atoms with van der Waals surface area (Å²) in [5.74, 6) is 0.883. The van der Waals surface area contributed by atoms with E-state index in [2.05, 4.69) is 127 Å². The fraction of sp³-hybridized carbons (Fsp3) is 0. The van der Waals surface area contributed by atoms with Gasteiger partial charge in [-0.15, -0.1) is 0 Å². The smallest absolute Gasteiger partial charge is 0.136 e. The summed E-state index contributed by atoms with van der Waals surface area (Å²) in [4.78, 5) is 0. The average Bonchev–Trinajstić information content (AvgIpc) is 3.63. The van der Waals surface area contributed by atoms with Gasteiger partial charge < -0.3 is 8.83 Å². The highest BCUT2D eigenvalue weighted by atomic mass is 16.3. The summed E-state index contributed by atoms with van der Waals surface area (Å²) in [6.45, 7) is 0. The van der Waals surface area contributed by atoms with Gasteiger partial charge in [-0.3, -0.25) is 0 Å². The van der Waals surface area contributed by atoms with Crippen molar-refractivity contribution in [3.8, 4) is 22.5 Å². The Balaban J connectivity index is 1.40. The van der Waals surface area contributed by atoms with Gasteiger partial charge in [0.2, 0.25) is 0 Å². The Morgan fingerprint density at radius 1 is 0.375 bits per heavy atom. The molecule has 0 amide bonds. The molecular formula is C38H22O2. The van der Waals surface area contributed by atoms with Gasteiger partial charge in [-0.2, -0.15) is 0 Å². The second-order valence-corrected chi connectivity index (χ2v) is 10.5. The Labute approximate surface area is 229 Å². The maximum Gasteiger partial charge on any atom is 0.136 e. The zero-order valence-corrected chi connectivity index (χ0v) is 21.5. The largest absolute Gasteiger partial charge is 0.464 e. The number of furan rings is 2. The molecule has 7 aromatic carbocycles. The van der Waals surface area contributed by atoms with Crippen LogP contribution in [0.25, 0.3) is 87.5 Å². The van der Waals surface area contributed by atoms with Crippen LogP contribution < -0.4 is 0 Å². The molecule has 0 aliphatic heterocycles. The number of fused-ring (bicyclic) bond motifs is 7. The van der Waals surface area contributed by atoms with Crippen molar-refractivity contribution < 1.29 is 8.83 Å². The summed E-state index contributed by atoms with van der Waals surface area (Å²) in [5, 5.41) is 11.7. The highest BCUT2D eigenvalue weighted by Crippen LogP contribution is 2.47. The number of benzene rings is 7. The van der Waals surface area contributed by atoms with Crippen LogP contribution in [-0.4, -0.2) is 0 Å². The van der Waals surface area contributed by atoms with E-state index in [1.807, 2.05) is 6.26 Å². The van der Waals surface area contributed by atoms with Crippen LogP contribution in [0.4, 0.5) is 0 Å². The van der Waals surface area contributed by atoms with Crippen LogP contribution in [0.2, 0.25) is 0 Å². The predicted molar refractivity (Wildman–Crippen MR) is 167 cm³/mol. The van der Waals surface area contributed by atoms with E-state index in [9.17, 15) is 0 Å². The van der Waals surface area contributed by atoms with Crippen molar-refractivity contribution in [3.05, 3.63) is 134 Å². The van der Waals surface area contributed by atoms with E-state index < -0.39 is 0 Å². The molecule has 186 valence electrons. The van der Waals surface area contributed by atoms with E-state index in [-0.39, 0.29) is 0 Å². The van der Waals surface area contributed by atoms with Gasteiger partial charge in [-0.1, -0.05) is 103 Å². The molecule has 40 heavy (non-hydrogen) atoms. The van der Waals surface area contributed by atoms with Crippen LogP contribution in [0.1, 0.15) is 0 Å². The van der Waals surface area contributed by atoms with Gasteiger partial charge in [0.15, 0.2) is 0 Å². The molecule has 0 saturated carbocycles. The lowest BCUT2D eigenvalue weighted by atomic mass is 9.87. The summed E-state index contributed by atoms with van der Waals surface area (Å²) in [6.07, 6.45) is 1.92. The first-order valence-corrected chi connectivity index (χ1v) is 13.6. The van der Waals surface area contributed by atoms with Gasteiger partial charge in [-0.25, -0.2) is 0 Å². The van der Waals surface area contributed by atoms with Gasteiger partial charge in [0.05, 0.1) is 6.26 Å². The molecule has 2 heteroatoms. The van der Waals surface area contributed by atoms with Gasteiger partial charge in [0.25, 0.3) is 0 Å². The van der Waals surface area contributed by atoms with Crippen molar-refractivity contribution in [3.63, 3.8) is 0 Å². The molecule has 0 fully saturated rings. The van der Waals surface area contributed by atoms with E-state index in [0.717, 1.165) is 49.6 Å². The monoisotopic (exact) mass is 510 g/mol. The molecule has 0 atom stereocenters. The van der Waals surface area contributed by atoms with Crippen LogP contribution in [0.5, 0.6) is 0 Å². The molecule has 0 aliphatic carbocycles. The molecule has 0 unspecified atom stereocenters. The summed E-state index contributed by atoms with van der Waals surface area (Å²) in [6, 6.07) is 45.1. The van der Waals surface area contributed by atoms with Gasteiger partial charge in [0.1, 0.15) is 16.9 Å². The van der Waals surface area contributed by atoms with Crippen LogP contribution in [0.3, 0.4) is 0 Å². The first-order chi connectivity index (χ1) is 19.8. The zero-order chi connectivity index (χ0) is 26.2. The third-order valence-electron chi connectivity index (χ3n) is 8.32. The lowest BCUT2D eigenvalue weighted by molar-refractivity contribution is 0.617. The molecule has 0 bridgehead atoms. The average molecular weight is 511 g/mol. The molecule has 0 aliphatic rings. The SMILES string of the molecule is c1ccc2cc3c(-c4c5ccccc5c(-c5cc6c(ccc7ccccc76)o5)c5ccccc45)coc3cc2c1. The first kappa shape index (κ1) is 21.6. The lowest BCUT2D eigenvalue weighted by Crippen LogP contribution is -1.89. The Morgan fingerprint density at radius 3 is 1.65 bits per heavy atom. The highest BCUT2D eigenvalue weighted by molar-refractivity contribution is 6.24. The fourth-order valence-electron chi connectivity index (χ4n) is 6.51. The van der Waals surface area contributed by atoms with Crippen molar-refractivity contribution in [2.75, 3.05) is 0 Å². The van der Waals surface area contributed by atoms with Gasteiger partial charge in [0, 0.05) is 27.5 Å². The van der Waals surface area contributed by atoms with E-state index in [4.69, 9.17) is 8.83 Å². The molecular weight excluding hydrogens is 488 g/mol. The lowest BCUT2D eigenvalue weighted by Gasteiger charge is -2.15. The maximum absolute atomic E-state index is 6.61. The first-order valence-electron chi connectivity index (χ1n) is 13.6. The number of hydrogen-bond acceptors (Lipinski definition) is 2. The van der Waals surface area contributed by atoms with E-state index in [0.29, 0.717) is 0 Å². The molecule has 0 spiro atoms. The van der Waals surface area contributed by atoms with Crippen molar-refractivity contribution in [1.29, 1.82) is 0 Å². The highest BCUT2D eigenvalue weighted by Gasteiger charge is 2.21. The second kappa shape index (κ2) is 8.08. The van der Waals surface area contributed by atoms with Crippen LogP contribution in [0.15, 0.2) is 142 Å². The molecule has 9 rings (SSSR count). The summed E-state index contributed by atoms with van der Waals surface area (Å²) in [5.41, 5.74) is 5.21.